The van der Waals surface area contributed by atoms with Gasteiger partial charge in [0.25, 0.3) is 11.5 Å². The lowest BCUT2D eigenvalue weighted by molar-refractivity contribution is -0.116. The lowest BCUT2D eigenvalue weighted by atomic mass is 10.1. The van der Waals surface area contributed by atoms with E-state index in [-0.39, 0.29) is 32.1 Å². The number of amides is 1. The fourth-order valence-electron chi connectivity index (χ4n) is 3.49. The van der Waals surface area contributed by atoms with E-state index in [0.717, 1.165) is 22.5 Å². The maximum absolute atomic E-state index is 13.6. The molecule has 3 rings (SSSR count). The standard InChI is InChI=1S/C25H23F2N3O3S/c1-14(2)29-22(31)18(13-28)24-30(21-15(3)8-7-9-16(21)4)23(32)20(34-24)12-17-10-5-6-11-19(17)33-25(26)27/h5-12,14,25H,1-4H3,(H,29,31)/b20-12-,24-18-. The van der Waals surface area contributed by atoms with Gasteiger partial charge in [-0.05, 0) is 51.0 Å². The van der Waals surface area contributed by atoms with E-state index in [9.17, 15) is 23.6 Å². The number of hydrogen-bond donors (Lipinski definition) is 1. The molecular weight excluding hydrogens is 460 g/mol. The maximum Gasteiger partial charge on any atom is 0.387 e. The quantitative estimate of drug-likeness (QED) is 0.584. The second-order valence-electron chi connectivity index (χ2n) is 7.83. The minimum absolute atomic E-state index is 0.0903. The minimum atomic E-state index is -3.03. The van der Waals surface area contributed by atoms with Crippen molar-refractivity contribution in [2.24, 2.45) is 0 Å². The molecule has 3 aromatic rings. The van der Waals surface area contributed by atoms with Gasteiger partial charge in [-0.15, -0.1) is 11.3 Å². The van der Waals surface area contributed by atoms with Crippen LogP contribution in [0.2, 0.25) is 0 Å². The minimum Gasteiger partial charge on any atom is -0.434 e. The van der Waals surface area contributed by atoms with Crippen molar-refractivity contribution in [3.63, 3.8) is 0 Å². The number of nitrogens with one attached hydrogen (secondary N) is 1. The Morgan fingerprint density at radius 1 is 1.15 bits per heavy atom. The van der Waals surface area contributed by atoms with Gasteiger partial charge in [-0.25, -0.2) is 0 Å². The topological polar surface area (TPSA) is 84.1 Å². The average molecular weight is 484 g/mol. The molecule has 0 saturated carbocycles. The van der Waals surface area contributed by atoms with Gasteiger partial charge in [0, 0.05) is 11.6 Å². The molecule has 1 amide bonds. The summed E-state index contributed by atoms with van der Waals surface area (Å²) < 4.78 is 32.0. The molecule has 0 atom stereocenters. The number of alkyl halides is 2. The molecule has 0 spiro atoms. The number of rotatable bonds is 6. The monoisotopic (exact) mass is 483 g/mol. The van der Waals surface area contributed by atoms with E-state index in [4.69, 9.17) is 0 Å². The third-order valence-electron chi connectivity index (χ3n) is 4.88. The van der Waals surface area contributed by atoms with E-state index in [0.29, 0.717) is 5.69 Å². The number of thiazole rings is 1. The number of halogens is 2. The van der Waals surface area contributed by atoms with Crippen LogP contribution in [-0.4, -0.2) is 23.1 Å². The van der Waals surface area contributed by atoms with E-state index < -0.39 is 18.1 Å². The van der Waals surface area contributed by atoms with E-state index in [1.54, 1.807) is 32.0 Å². The fourth-order valence-corrected chi connectivity index (χ4v) is 4.56. The van der Waals surface area contributed by atoms with Crippen molar-refractivity contribution in [3.05, 3.63) is 78.7 Å². The highest BCUT2D eigenvalue weighted by atomic mass is 32.1. The van der Waals surface area contributed by atoms with Gasteiger partial charge in [0.05, 0.1) is 10.2 Å². The van der Waals surface area contributed by atoms with Crippen LogP contribution in [0.5, 0.6) is 5.75 Å². The summed E-state index contributed by atoms with van der Waals surface area (Å²) in [5.74, 6) is -0.695. The Morgan fingerprint density at radius 2 is 1.79 bits per heavy atom. The van der Waals surface area contributed by atoms with Gasteiger partial charge in [-0.2, -0.15) is 14.0 Å². The first-order chi connectivity index (χ1) is 16.1. The first-order valence-corrected chi connectivity index (χ1v) is 11.2. The first-order valence-electron chi connectivity index (χ1n) is 10.4. The molecule has 2 aromatic carbocycles. The van der Waals surface area contributed by atoms with Crippen LogP contribution in [0.25, 0.3) is 17.3 Å². The van der Waals surface area contributed by atoms with Crippen molar-refractivity contribution < 1.29 is 18.3 Å². The number of carbonyl (C=O) groups is 1. The summed E-state index contributed by atoms with van der Waals surface area (Å²) >= 11 is 0.940. The summed E-state index contributed by atoms with van der Waals surface area (Å²) in [4.78, 5) is 26.4. The molecule has 0 radical (unpaired) electrons. The summed E-state index contributed by atoms with van der Waals surface area (Å²) in [6.45, 7) is 4.15. The Balaban J connectivity index is 2.43. The number of aromatic nitrogens is 1. The van der Waals surface area contributed by atoms with Gasteiger partial charge in [0.15, 0.2) is 5.57 Å². The Kier molecular flexibility index (Phi) is 7.64. The molecular formula is C25H23F2N3O3S. The molecule has 0 aliphatic carbocycles. The molecule has 1 N–H and O–H groups in total. The van der Waals surface area contributed by atoms with Crippen molar-refractivity contribution in [2.75, 3.05) is 0 Å². The number of hydrogen-bond acceptors (Lipinski definition) is 5. The molecule has 0 aliphatic heterocycles. The van der Waals surface area contributed by atoms with E-state index in [2.05, 4.69) is 10.1 Å². The molecule has 1 aromatic heterocycles. The Hall–Kier alpha value is -3.77. The van der Waals surface area contributed by atoms with Crippen LogP contribution in [0.4, 0.5) is 8.78 Å². The molecule has 6 nitrogen and oxygen atoms in total. The summed E-state index contributed by atoms with van der Waals surface area (Å²) in [6.07, 6.45) is 1.42. The summed E-state index contributed by atoms with van der Waals surface area (Å²) in [7, 11) is 0. The molecule has 176 valence electrons. The molecule has 0 aliphatic rings. The summed E-state index contributed by atoms with van der Waals surface area (Å²) in [6, 6.07) is 13.3. The molecule has 34 heavy (non-hydrogen) atoms. The highest BCUT2D eigenvalue weighted by Crippen LogP contribution is 2.21. The SMILES string of the molecule is Cc1cccc(C)c1-n1c(=O)/c(=C/c2ccccc2OC(F)F)s/c1=C(/C#N)C(=O)NC(C)C. The van der Waals surface area contributed by atoms with Crippen LogP contribution >= 0.6 is 11.3 Å². The number of nitriles is 1. The Labute approximate surface area is 199 Å². The van der Waals surface area contributed by atoms with Gasteiger partial charge in [0.2, 0.25) is 0 Å². The zero-order valence-electron chi connectivity index (χ0n) is 19.1. The van der Waals surface area contributed by atoms with E-state index >= 15 is 0 Å². The predicted molar refractivity (Wildman–Crippen MR) is 128 cm³/mol. The first kappa shape index (κ1) is 24.9. The van der Waals surface area contributed by atoms with E-state index in [1.165, 1.54) is 16.7 Å². The largest absolute Gasteiger partial charge is 0.434 e. The van der Waals surface area contributed by atoms with Crippen molar-refractivity contribution in [3.8, 4) is 17.5 Å². The number of nitrogens with zero attached hydrogens (tertiary/aromatic N) is 2. The van der Waals surface area contributed by atoms with Gasteiger partial charge in [-0.3, -0.25) is 14.2 Å². The van der Waals surface area contributed by atoms with Gasteiger partial charge < -0.3 is 10.1 Å². The van der Waals surface area contributed by atoms with Crippen LogP contribution in [0, 0.1) is 25.2 Å². The molecule has 0 saturated heterocycles. The van der Waals surface area contributed by atoms with Gasteiger partial charge in [-0.1, -0.05) is 36.4 Å². The highest BCUT2D eigenvalue weighted by molar-refractivity contribution is 7.07. The number of ether oxygens (including phenoxy) is 1. The van der Waals surface area contributed by atoms with Crippen LogP contribution in [-0.2, 0) is 4.79 Å². The third kappa shape index (κ3) is 5.24. The Bertz CT molecular complexity index is 1430. The fraction of sp³-hybridized carbons (Fsp3) is 0.240. The van der Waals surface area contributed by atoms with Crippen LogP contribution in [0.15, 0.2) is 47.3 Å². The van der Waals surface area contributed by atoms with Crippen LogP contribution in [0.1, 0.15) is 30.5 Å². The van der Waals surface area contributed by atoms with Crippen molar-refractivity contribution in [2.45, 2.75) is 40.3 Å². The second kappa shape index (κ2) is 10.4. The lowest BCUT2D eigenvalue weighted by Crippen LogP contribution is -2.36. The van der Waals surface area contributed by atoms with Crippen molar-refractivity contribution in [1.29, 1.82) is 5.26 Å². The van der Waals surface area contributed by atoms with Gasteiger partial charge in [0.1, 0.15) is 16.5 Å². The number of para-hydroxylation sites is 2. The van der Waals surface area contributed by atoms with Crippen molar-refractivity contribution in [1.82, 2.24) is 9.88 Å². The lowest BCUT2D eigenvalue weighted by Gasteiger charge is -2.11. The normalized spacial score (nSPS) is 12.6. The van der Waals surface area contributed by atoms with Crippen LogP contribution in [0.3, 0.4) is 0 Å². The summed E-state index contributed by atoms with van der Waals surface area (Å²) in [5.41, 5.74) is 1.68. The predicted octanol–water partition coefficient (Wildman–Crippen LogP) is 3.14. The Morgan fingerprint density at radius 3 is 2.38 bits per heavy atom. The molecule has 0 bridgehead atoms. The van der Waals surface area contributed by atoms with Crippen LogP contribution < -0.4 is 24.8 Å². The van der Waals surface area contributed by atoms with E-state index in [1.807, 2.05) is 38.1 Å². The molecule has 9 heteroatoms. The molecule has 1 heterocycles. The maximum atomic E-state index is 13.6. The average Bonchev–Trinajstić information content (AvgIpc) is 3.05. The van der Waals surface area contributed by atoms with Gasteiger partial charge >= 0.3 is 6.61 Å². The molecule has 0 fully saturated rings. The number of carbonyl (C=O) groups excluding carboxylic acids is 1. The zero-order chi connectivity index (χ0) is 25.0. The number of aryl methyl sites for hydroxylation is 2. The third-order valence-corrected chi connectivity index (χ3v) is 5.97. The zero-order valence-corrected chi connectivity index (χ0v) is 19.9. The summed E-state index contributed by atoms with van der Waals surface area (Å²) in [5, 5.41) is 12.5. The highest BCUT2D eigenvalue weighted by Gasteiger charge is 2.19. The second-order valence-corrected chi connectivity index (χ2v) is 8.86. The molecule has 0 unspecified atom stereocenters. The smallest absolute Gasteiger partial charge is 0.387 e. The van der Waals surface area contributed by atoms with Crippen molar-refractivity contribution >= 4 is 28.9 Å². The number of benzene rings is 2.